The Hall–Kier alpha value is -4.37. The molecule has 0 spiro atoms. The first-order valence-corrected chi connectivity index (χ1v) is 11.2. The lowest BCUT2D eigenvalue weighted by Crippen LogP contribution is -2.30. The predicted octanol–water partition coefficient (Wildman–Crippen LogP) is 3.41. The van der Waals surface area contributed by atoms with Crippen molar-refractivity contribution in [3.63, 3.8) is 0 Å². The maximum atomic E-state index is 14.9. The van der Waals surface area contributed by atoms with E-state index in [4.69, 9.17) is 23.1 Å². The van der Waals surface area contributed by atoms with Gasteiger partial charge in [-0.15, -0.1) is 0 Å². The molecule has 1 fully saturated rings. The molecule has 1 atom stereocenters. The lowest BCUT2D eigenvalue weighted by atomic mass is 10.1. The van der Waals surface area contributed by atoms with Crippen molar-refractivity contribution in [2.24, 2.45) is 5.92 Å². The van der Waals surface area contributed by atoms with Crippen molar-refractivity contribution in [3.8, 4) is 11.8 Å². The van der Waals surface area contributed by atoms with Crippen molar-refractivity contribution in [2.75, 3.05) is 16.8 Å². The zero-order chi connectivity index (χ0) is 25.7. The molecule has 3 aromatic heterocycles. The highest BCUT2D eigenvalue weighted by Crippen LogP contribution is 2.43. The van der Waals surface area contributed by atoms with Gasteiger partial charge in [0.2, 0.25) is 5.95 Å². The maximum Gasteiger partial charge on any atom is 0.267 e. The molecule has 182 valence electrons. The van der Waals surface area contributed by atoms with Crippen LogP contribution >= 0.6 is 11.6 Å². The van der Waals surface area contributed by atoms with Crippen molar-refractivity contribution in [1.29, 1.82) is 5.26 Å². The molecule has 1 aromatic carbocycles. The Morgan fingerprint density at radius 1 is 1.19 bits per heavy atom. The first-order valence-electron chi connectivity index (χ1n) is 10.8. The van der Waals surface area contributed by atoms with E-state index in [9.17, 15) is 18.8 Å². The number of hydrogen-bond donors (Lipinski definition) is 3. The van der Waals surface area contributed by atoms with E-state index in [0.717, 1.165) is 29.7 Å². The number of halogens is 3. The summed E-state index contributed by atoms with van der Waals surface area (Å²) in [5.74, 6) is -1.68. The van der Waals surface area contributed by atoms with Gasteiger partial charge in [0.05, 0.1) is 34.5 Å². The quantitative estimate of drug-likeness (QED) is 0.366. The van der Waals surface area contributed by atoms with Crippen LogP contribution in [0, 0.1) is 35.8 Å². The second-order valence-electron chi connectivity index (χ2n) is 8.39. The maximum absolute atomic E-state index is 14.9. The number of nitrogens with one attached hydrogen (secondary N) is 1. The Morgan fingerprint density at radius 2 is 1.94 bits per heavy atom. The molecule has 5 rings (SSSR count). The SMILES string of the molecule is Cc1c(F)cncc1-n1c(C(Nc2nc(N)nc(N)c2C#N)C2CC2)nc2c(F)ccc(Cl)c2c1=O. The lowest BCUT2D eigenvalue weighted by molar-refractivity contribution is 0.589. The number of nitriles is 1. The minimum Gasteiger partial charge on any atom is -0.382 e. The van der Waals surface area contributed by atoms with Crippen LogP contribution in [0.2, 0.25) is 5.02 Å². The van der Waals surface area contributed by atoms with Gasteiger partial charge in [0.25, 0.3) is 5.56 Å². The van der Waals surface area contributed by atoms with E-state index >= 15 is 0 Å². The van der Waals surface area contributed by atoms with E-state index in [2.05, 4.69) is 25.3 Å². The van der Waals surface area contributed by atoms with E-state index in [1.807, 2.05) is 6.07 Å². The van der Waals surface area contributed by atoms with Crippen molar-refractivity contribution >= 4 is 40.1 Å². The molecule has 1 aliphatic rings. The summed E-state index contributed by atoms with van der Waals surface area (Å²) < 4.78 is 30.5. The largest absolute Gasteiger partial charge is 0.382 e. The zero-order valence-corrected chi connectivity index (χ0v) is 19.5. The monoisotopic (exact) mass is 509 g/mol. The van der Waals surface area contributed by atoms with Crippen LogP contribution in [-0.2, 0) is 0 Å². The number of aromatic nitrogens is 5. The summed E-state index contributed by atoms with van der Waals surface area (Å²) in [5.41, 5.74) is 10.8. The molecule has 36 heavy (non-hydrogen) atoms. The van der Waals surface area contributed by atoms with Gasteiger partial charge in [-0.3, -0.25) is 14.3 Å². The van der Waals surface area contributed by atoms with Gasteiger partial charge in [0.15, 0.2) is 5.82 Å². The van der Waals surface area contributed by atoms with Crippen LogP contribution in [0.3, 0.4) is 0 Å². The topological polar surface area (TPSA) is 161 Å². The van der Waals surface area contributed by atoms with Crippen LogP contribution < -0.4 is 22.3 Å². The number of nitrogens with zero attached hydrogens (tertiary/aromatic N) is 6. The number of fused-ring (bicyclic) bond motifs is 1. The molecule has 4 aromatic rings. The highest BCUT2D eigenvalue weighted by Gasteiger charge is 2.37. The van der Waals surface area contributed by atoms with E-state index in [0.29, 0.717) is 0 Å². The number of nitrogen functional groups attached to an aromatic ring is 2. The molecular formula is C23H18ClF2N9O. The van der Waals surface area contributed by atoms with E-state index < -0.39 is 23.2 Å². The third kappa shape index (κ3) is 3.83. The van der Waals surface area contributed by atoms with Crippen LogP contribution in [0.4, 0.5) is 26.4 Å². The predicted molar refractivity (Wildman–Crippen MR) is 129 cm³/mol. The number of hydrogen-bond acceptors (Lipinski definition) is 9. The van der Waals surface area contributed by atoms with E-state index in [-0.39, 0.29) is 62.1 Å². The number of rotatable bonds is 5. The van der Waals surface area contributed by atoms with Crippen molar-refractivity contribution in [2.45, 2.75) is 25.8 Å². The molecule has 0 saturated heterocycles. The van der Waals surface area contributed by atoms with Crippen LogP contribution in [0.15, 0.2) is 29.3 Å². The van der Waals surface area contributed by atoms with Gasteiger partial charge in [0, 0.05) is 5.56 Å². The normalized spacial score (nSPS) is 14.0. The van der Waals surface area contributed by atoms with Crippen molar-refractivity contribution in [3.05, 3.63) is 68.5 Å². The lowest BCUT2D eigenvalue weighted by Gasteiger charge is -2.24. The standard InChI is InChI=1S/C23H18ClF2N9O/c1-9-14(26)7-30-8-15(9)35-21(32-18-13(25)5-4-12(24)16(18)22(35)36)17(10-2-3-10)31-20-11(6-27)19(28)33-23(29)34-20/h4-5,7-8,10,17H,2-3H2,1H3,(H5,28,29,31,33,34). The molecule has 0 radical (unpaired) electrons. The van der Waals surface area contributed by atoms with Crippen molar-refractivity contribution < 1.29 is 8.78 Å². The summed E-state index contributed by atoms with van der Waals surface area (Å²) in [6.07, 6.45) is 3.81. The average Bonchev–Trinajstić information content (AvgIpc) is 3.67. The Morgan fingerprint density at radius 3 is 2.64 bits per heavy atom. The van der Waals surface area contributed by atoms with Crippen LogP contribution in [-0.4, -0.2) is 24.5 Å². The number of nitrogens with two attached hydrogens (primary N) is 2. The Balaban J connectivity index is 1.83. The molecule has 1 saturated carbocycles. The number of anilines is 3. The van der Waals surface area contributed by atoms with Crippen LogP contribution in [0.25, 0.3) is 16.6 Å². The molecular weight excluding hydrogens is 492 g/mol. The summed E-state index contributed by atoms with van der Waals surface area (Å²) in [7, 11) is 0. The van der Waals surface area contributed by atoms with Gasteiger partial charge in [-0.2, -0.15) is 15.2 Å². The number of benzene rings is 1. The molecule has 1 aliphatic carbocycles. The highest BCUT2D eigenvalue weighted by molar-refractivity contribution is 6.35. The third-order valence-electron chi connectivity index (χ3n) is 6.05. The summed E-state index contributed by atoms with van der Waals surface area (Å²) >= 11 is 6.27. The smallest absolute Gasteiger partial charge is 0.267 e. The number of pyridine rings is 1. The molecule has 10 nitrogen and oxygen atoms in total. The molecule has 0 bridgehead atoms. The van der Waals surface area contributed by atoms with Gasteiger partial charge in [-0.05, 0) is 37.8 Å². The Bertz CT molecular complexity index is 1650. The fourth-order valence-corrected chi connectivity index (χ4v) is 4.30. The van der Waals surface area contributed by atoms with Gasteiger partial charge in [-0.1, -0.05) is 11.6 Å². The van der Waals surface area contributed by atoms with Gasteiger partial charge in [0.1, 0.15) is 40.4 Å². The molecule has 5 N–H and O–H groups in total. The Labute approximate surface area is 207 Å². The second kappa shape index (κ2) is 8.69. The minimum atomic E-state index is -0.760. The average molecular weight is 510 g/mol. The third-order valence-corrected chi connectivity index (χ3v) is 6.36. The summed E-state index contributed by atoms with van der Waals surface area (Å²) in [4.78, 5) is 30.1. The molecule has 1 unspecified atom stereocenters. The highest BCUT2D eigenvalue weighted by atomic mass is 35.5. The summed E-state index contributed by atoms with van der Waals surface area (Å²) in [6, 6.07) is 3.54. The molecule has 0 aliphatic heterocycles. The summed E-state index contributed by atoms with van der Waals surface area (Å²) in [5, 5.41) is 12.5. The van der Waals surface area contributed by atoms with Crippen LogP contribution in [0.5, 0.6) is 0 Å². The van der Waals surface area contributed by atoms with Crippen LogP contribution in [0.1, 0.15) is 35.8 Å². The Kier molecular flexibility index (Phi) is 5.64. The summed E-state index contributed by atoms with van der Waals surface area (Å²) in [6.45, 7) is 1.49. The van der Waals surface area contributed by atoms with Gasteiger partial charge in [-0.25, -0.2) is 13.8 Å². The van der Waals surface area contributed by atoms with Gasteiger partial charge >= 0.3 is 0 Å². The molecule has 3 heterocycles. The first-order chi connectivity index (χ1) is 17.2. The fraction of sp³-hybridized carbons (Fsp3) is 0.217. The second-order valence-corrected chi connectivity index (χ2v) is 8.80. The van der Waals surface area contributed by atoms with E-state index in [1.54, 1.807) is 0 Å². The van der Waals surface area contributed by atoms with Crippen molar-refractivity contribution in [1.82, 2.24) is 24.5 Å². The van der Waals surface area contributed by atoms with E-state index in [1.165, 1.54) is 19.2 Å². The first kappa shape index (κ1) is 23.4. The molecule has 13 heteroatoms. The molecule has 0 amide bonds. The zero-order valence-electron chi connectivity index (χ0n) is 18.8. The minimum absolute atomic E-state index is 0.00902. The fourth-order valence-electron chi connectivity index (χ4n) is 4.07. The van der Waals surface area contributed by atoms with Gasteiger partial charge < -0.3 is 16.8 Å².